The summed E-state index contributed by atoms with van der Waals surface area (Å²) in [6.07, 6.45) is 0. The lowest BCUT2D eigenvalue weighted by Gasteiger charge is -2.28. The molecule has 0 unspecified atom stereocenters. The largest absolute Gasteiger partial charge is 0.456 e. The Balaban J connectivity index is 1.00. The normalized spacial score (nSPS) is 12.6. The minimum Gasteiger partial charge on any atom is -0.456 e. The van der Waals surface area contributed by atoms with Gasteiger partial charge in [-0.05, 0) is 138 Å². The van der Waals surface area contributed by atoms with Crippen molar-refractivity contribution in [3.63, 3.8) is 0 Å². The Labute approximate surface area is 397 Å². The molecule has 0 radical (unpaired) electrons. The molecule has 9 aromatic carbocycles. The van der Waals surface area contributed by atoms with Crippen molar-refractivity contribution in [2.45, 2.75) is 65.8 Å². The van der Waals surface area contributed by atoms with Crippen LogP contribution in [0, 0.1) is 6.92 Å². The first-order valence-electron chi connectivity index (χ1n) is 23.6. The number of hydrogen-bond donors (Lipinski definition) is 0. The van der Waals surface area contributed by atoms with E-state index in [1.54, 1.807) is 0 Å². The SMILES string of the molecule is Cc1ccc(N(c2ccc([Si](C)(C)C)cc2)c2ccc3cc4c(cc3c2)oc2c4ccc3oc4cc5cc(N(c6ccc([Si](C)(C)C)cc6)c6ccc([Si](C)(C)C)cc6)ccc5cc4c32)cc1. The highest BCUT2D eigenvalue weighted by Crippen LogP contribution is 2.44. The van der Waals surface area contributed by atoms with Gasteiger partial charge in [0.1, 0.15) is 22.3 Å². The molecule has 7 heteroatoms. The fraction of sp³-hybridized carbons (Fsp3) is 0.167. The second kappa shape index (κ2) is 15.7. The van der Waals surface area contributed by atoms with Gasteiger partial charge < -0.3 is 18.6 Å². The van der Waals surface area contributed by atoms with E-state index in [1.807, 2.05) is 0 Å². The molecule has 0 spiro atoms. The van der Waals surface area contributed by atoms with Crippen molar-refractivity contribution in [3.05, 3.63) is 175 Å². The van der Waals surface area contributed by atoms with Gasteiger partial charge in [0.2, 0.25) is 0 Å². The summed E-state index contributed by atoms with van der Waals surface area (Å²) in [5.41, 5.74) is 11.4. The van der Waals surface area contributed by atoms with Gasteiger partial charge in [-0.2, -0.15) is 0 Å². The Morgan fingerprint density at radius 3 is 1.13 bits per heavy atom. The summed E-state index contributed by atoms with van der Waals surface area (Å²) in [6, 6.07) is 63.4. The number of benzene rings is 9. The smallest absolute Gasteiger partial charge is 0.147 e. The van der Waals surface area contributed by atoms with Gasteiger partial charge in [-0.3, -0.25) is 0 Å². The lowest BCUT2D eigenvalue weighted by molar-refractivity contribution is 0.663. The molecule has 0 aliphatic rings. The van der Waals surface area contributed by atoms with E-state index in [0.717, 1.165) is 94.2 Å². The monoisotopic (exact) mass is 922 g/mol. The molecule has 67 heavy (non-hydrogen) atoms. The van der Waals surface area contributed by atoms with E-state index in [0.29, 0.717) is 0 Å². The molecule has 0 N–H and O–H groups in total. The van der Waals surface area contributed by atoms with E-state index in [1.165, 1.54) is 26.5 Å². The third-order valence-corrected chi connectivity index (χ3v) is 19.9. The van der Waals surface area contributed by atoms with Gasteiger partial charge in [-0.25, -0.2) is 0 Å². The van der Waals surface area contributed by atoms with Crippen LogP contribution in [0.1, 0.15) is 5.56 Å². The Bertz CT molecular complexity index is 3620. The lowest BCUT2D eigenvalue weighted by Crippen LogP contribution is -2.37. The fourth-order valence-electron chi connectivity index (χ4n) is 9.75. The first-order valence-corrected chi connectivity index (χ1v) is 34.1. The van der Waals surface area contributed by atoms with Crippen molar-refractivity contribution >= 4 is 139 Å². The maximum Gasteiger partial charge on any atom is 0.147 e. The van der Waals surface area contributed by atoms with E-state index in [2.05, 4.69) is 246 Å². The van der Waals surface area contributed by atoms with Crippen LogP contribution in [-0.4, -0.2) is 24.2 Å². The van der Waals surface area contributed by atoms with Crippen LogP contribution in [0.4, 0.5) is 34.1 Å². The fourth-order valence-corrected chi connectivity index (χ4v) is 13.3. The van der Waals surface area contributed by atoms with Gasteiger partial charge in [-0.1, -0.05) is 141 Å². The third kappa shape index (κ3) is 7.79. The number of furan rings is 2. The molecule has 332 valence electrons. The van der Waals surface area contributed by atoms with E-state index in [9.17, 15) is 0 Å². The number of aryl methyl sites for hydroxylation is 1. The molecule has 0 aliphatic carbocycles. The average molecular weight is 923 g/mol. The van der Waals surface area contributed by atoms with E-state index in [4.69, 9.17) is 8.83 Å². The summed E-state index contributed by atoms with van der Waals surface area (Å²) in [5, 5.41) is 13.2. The first-order chi connectivity index (χ1) is 32.0. The van der Waals surface area contributed by atoms with Crippen LogP contribution in [0.3, 0.4) is 0 Å². The Morgan fingerprint density at radius 2 is 0.701 bits per heavy atom. The minimum absolute atomic E-state index is 0.824. The number of fused-ring (bicyclic) bond motifs is 9. The molecule has 0 saturated carbocycles. The van der Waals surface area contributed by atoms with E-state index < -0.39 is 24.2 Å². The van der Waals surface area contributed by atoms with Gasteiger partial charge in [0, 0.05) is 50.3 Å². The number of rotatable bonds is 9. The van der Waals surface area contributed by atoms with Gasteiger partial charge in [-0.15, -0.1) is 0 Å². The molecule has 0 atom stereocenters. The molecule has 0 saturated heterocycles. The summed E-state index contributed by atoms with van der Waals surface area (Å²) in [6.45, 7) is 23.8. The lowest BCUT2D eigenvalue weighted by atomic mass is 10.0. The van der Waals surface area contributed by atoms with Crippen molar-refractivity contribution in [2.24, 2.45) is 0 Å². The van der Waals surface area contributed by atoms with E-state index >= 15 is 0 Å². The maximum absolute atomic E-state index is 6.92. The molecular weight excluding hydrogens is 865 g/mol. The summed E-state index contributed by atoms with van der Waals surface area (Å²) in [5.74, 6) is 0. The summed E-state index contributed by atoms with van der Waals surface area (Å²) in [7, 11) is -4.37. The molecule has 0 aliphatic heterocycles. The molecule has 0 fully saturated rings. The number of hydrogen-bond acceptors (Lipinski definition) is 4. The Morgan fingerprint density at radius 1 is 0.313 bits per heavy atom. The van der Waals surface area contributed by atoms with Crippen LogP contribution in [0.2, 0.25) is 58.9 Å². The number of nitrogens with zero attached hydrogens (tertiary/aromatic N) is 2. The Hall–Kier alpha value is -6.65. The topological polar surface area (TPSA) is 32.8 Å². The van der Waals surface area contributed by atoms with Gasteiger partial charge in [0.05, 0.1) is 29.6 Å². The molecular formula is C60H58N2O2Si3. The van der Waals surface area contributed by atoms with Crippen molar-refractivity contribution in [1.82, 2.24) is 0 Å². The van der Waals surface area contributed by atoms with Gasteiger partial charge in [0.15, 0.2) is 0 Å². The maximum atomic E-state index is 6.92. The molecule has 0 amide bonds. The molecule has 11 aromatic rings. The first kappa shape index (κ1) is 43.0. The second-order valence-corrected chi connectivity index (χ2v) is 36.9. The third-order valence-electron chi connectivity index (χ3n) is 13.7. The predicted molar refractivity (Wildman–Crippen MR) is 299 cm³/mol. The van der Waals surface area contributed by atoms with Crippen LogP contribution in [0.5, 0.6) is 0 Å². The highest BCUT2D eigenvalue weighted by Gasteiger charge is 2.23. The second-order valence-electron chi connectivity index (χ2n) is 21.7. The van der Waals surface area contributed by atoms with E-state index in [-0.39, 0.29) is 0 Å². The highest BCUT2D eigenvalue weighted by molar-refractivity contribution is 6.89. The van der Waals surface area contributed by atoms with Gasteiger partial charge in [0.25, 0.3) is 0 Å². The van der Waals surface area contributed by atoms with Crippen molar-refractivity contribution in [2.75, 3.05) is 9.80 Å². The summed E-state index contributed by atoms with van der Waals surface area (Å²) < 4.78 is 13.6. The predicted octanol–water partition coefficient (Wildman–Crippen LogP) is 16.7. The zero-order valence-corrected chi connectivity index (χ0v) is 43.4. The van der Waals surface area contributed by atoms with Crippen LogP contribution in [0.25, 0.3) is 65.4 Å². The highest BCUT2D eigenvalue weighted by atomic mass is 28.3. The standard InChI is InChI=1S/C60H58N2O2Si3/c1-39-11-15-44(16-12-39)61(45-19-25-50(26-20-45)65(2,3)4)48-17-13-40-35-54-53-31-32-56-59(60(53)64-57(54)37-42(40)33-48)55-36-41-14-18-49(34-43(41)38-58(55)63-56)62(46-21-27-51(28-22-46)66(5,6)7)47-23-29-52(30-24-47)67(8,9)10/h11-38H,1-10H3. The molecule has 0 bridgehead atoms. The van der Waals surface area contributed by atoms with Crippen LogP contribution < -0.4 is 25.4 Å². The number of anilines is 6. The molecule has 2 aromatic heterocycles. The Kier molecular flexibility index (Phi) is 10.1. The van der Waals surface area contributed by atoms with Crippen molar-refractivity contribution in [1.29, 1.82) is 0 Å². The van der Waals surface area contributed by atoms with Crippen molar-refractivity contribution in [3.8, 4) is 0 Å². The van der Waals surface area contributed by atoms with Crippen LogP contribution >= 0.6 is 0 Å². The zero-order valence-electron chi connectivity index (χ0n) is 40.4. The quantitative estimate of drug-likeness (QED) is 0.135. The minimum atomic E-state index is -1.46. The van der Waals surface area contributed by atoms with Gasteiger partial charge >= 0.3 is 0 Å². The average Bonchev–Trinajstić information content (AvgIpc) is 3.85. The molecule has 11 rings (SSSR count). The van der Waals surface area contributed by atoms with Crippen LogP contribution in [0.15, 0.2) is 179 Å². The molecule has 4 nitrogen and oxygen atoms in total. The summed E-state index contributed by atoms with van der Waals surface area (Å²) >= 11 is 0. The zero-order chi connectivity index (χ0) is 46.6. The van der Waals surface area contributed by atoms with Crippen molar-refractivity contribution < 1.29 is 8.83 Å². The molecule has 2 heterocycles. The summed E-state index contributed by atoms with van der Waals surface area (Å²) in [4.78, 5) is 4.75. The van der Waals surface area contributed by atoms with Crippen LogP contribution in [-0.2, 0) is 0 Å².